The van der Waals surface area contributed by atoms with E-state index in [0.29, 0.717) is 12.6 Å². The molecule has 2 aromatic carbocycles. The minimum absolute atomic E-state index is 0. The van der Waals surface area contributed by atoms with Crippen LogP contribution >= 0.6 is 24.8 Å². The van der Waals surface area contributed by atoms with E-state index in [1.54, 1.807) is 0 Å². The van der Waals surface area contributed by atoms with Crippen molar-refractivity contribution in [3.8, 4) is 0 Å². The van der Waals surface area contributed by atoms with Crippen LogP contribution in [0, 0.1) is 5.92 Å². The molecule has 30 heavy (non-hydrogen) atoms. The topological polar surface area (TPSA) is 58.4 Å². The number of carbonyl (C=O) groups is 1. The van der Waals surface area contributed by atoms with Crippen LogP contribution in [0.1, 0.15) is 55.8 Å². The van der Waals surface area contributed by atoms with Crippen LogP contribution in [-0.2, 0) is 17.9 Å². The van der Waals surface area contributed by atoms with E-state index in [1.165, 1.54) is 30.4 Å². The zero-order valence-corrected chi connectivity index (χ0v) is 19.6. The second-order valence-electron chi connectivity index (χ2n) is 8.03. The predicted octanol–water partition coefficient (Wildman–Crippen LogP) is 4.86. The lowest BCUT2D eigenvalue weighted by Gasteiger charge is -2.33. The number of rotatable bonds is 7. The van der Waals surface area contributed by atoms with Gasteiger partial charge >= 0.3 is 0 Å². The van der Waals surface area contributed by atoms with Crippen LogP contribution in [0.3, 0.4) is 0 Å². The summed E-state index contributed by atoms with van der Waals surface area (Å²) < 4.78 is 0. The van der Waals surface area contributed by atoms with E-state index in [-0.39, 0.29) is 42.7 Å². The molecule has 0 spiro atoms. The molecule has 0 saturated carbocycles. The number of piperidine rings is 1. The molecule has 0 radical (unpaired) electrons. The van der Waals surface area contributed by atoms with Crippen molar-refractivity contribution in [2.45, 2.75) is 58.3 Å². The molecule has 1 amide bonds. The number of nitrogens with one attached hydrogen (secondary N) is 1. The standard InChI is InChI=1S/C24H33N3O.2ClH/c1-18-10-8-9-15-27(18)17-22-14-7-6-13-21(22)16-26-24(28)19(2)23(25)20-11-4-3-5-12-20;;/h3-7,11-14,18-19,23H,8-10,15-17,25H2,1-2H3,(H,26,28);2*1H. The van der Waals surface area contributed by atoms with E-state index in [0.717, 1.165) is 18.7 Å². The molecular formula is C24H35Cl2N3O. The molecule has 3 atom stereocenters. The van der Waals surface area contributed by atoms with Gasteiger partial charge in [0.2, 0.25) is 5.91 Å². The Morgan fingerprint density at radius 1 is 1.07 bits per heavy atom. The van der Waals surface area contributed by atoms with Crippen molar-refractivity contribution in [1.82, 2.24) is 10.2 Å². The van der Waals surface area contributed by atoms with E-state index in [1.807, 2.05) is 43.3 Å². The van der Waals surface area contributed by atoms with Crippen LogP contribution in [0.15, 0.2) is 54.6 Å². The van der Waals surface area contributed by atoms with Gasteiger partial charge in [0.1, 0.15) is 0 Å². The van der Waals surface area contributed by atoms with E-state index in [2.05, 4.69) is 35.3 Å². The lowest BCUT2D eigenvalue weighted by molar-refractivity contribution is -0.125. The van der Waals surface area contributed by atoms with Crippen molar-refractivity contribution in [2.24, 2.45) is 11.7 Å². The zero-order chi connectivity index (χ0) is 19.9. The van der Waals surface area contributed by atoms with Crippen LogP contribution in [0.5, 0.6) is 0 Å². The average Bonchev–Trinajstić information content (AvgIpc) is 2.74. The van der Waals surface area contributed by atoms with Crippen molar-refractivity contribution in [2.75, 3.05) is 6.54 Å². The summed E-state index contributed by atoms with van der Waals surface area (Å²) in [7, 11) is 0. The first kappa shape index (κ1) is 26.4. The highest BCUT2D eigenvalue weighted by Crippen LogP contribution is 2.22. The van der Waals surface area contributed by atoms with Crippen LogP contribution < -0.4 is 11.1 Å². The minimum atomic E-state index is -0.300. The molecule has 0 aromatic heterocycles. The molecule has 0 bridgehead atoms. The summed E-state index contributed by atoms with van der Waals surface area (Å²) >= 11 is 0. The monoisotopic (exact) mass is 451 g/mol. The van der Waals surface area contributed by atoms with E-state index < -0.39 is 0 Å². The van der Waals surface area contributed by atoms with Gasteiger partial charge in [-0.2, -0.15) is 0 Å². The number of nitrogens with two attached hydrogens (primary N) is 1. The maximum absolute atomic E-state index is 12.7. The number of benzene rings is 2. The molecule has 1 fully saturated rings. The summed E-state index contributed by atoms with van der Waals surface area (Å²) in [5.41, 5.74) is 9.79. The van der Waals surface area contributed by atoms with E-state index >= 15 is 0 Å². The van der Waals surface area contributed by atoms with Gasteiger partial charge in [-0.1, -0.05) is 67.9 Å². The minimum Gasteiger partial charge on any atom is -0.352 e. The van der Waals surface area contributed by atoms with Gasteiger partial charge < -0.3 is 11.1 Å². The first-order chi connectivity index (χ1) is 13.6. The third-order valence-electron chi connectivity index (χ3n) is 6.02. The SMILES string of the molecule is CC(C(=O)NCc1ccccc1CN1CCCCC1C)C(N)c1ccccc1.Cl.Cl. The van der Waals surface area contributed by atoms with Crippen LogP contribution in [0.25, 0.3) is 0 Å². The highest BCUT2D eigenvalue weighted by molar-refractivity contribution is 5.85. The van der Waals surface area contributed by atoms with Crippen molar-refractivity contribution in [3.63, 3.8) is 0 Å². The van der Waals surface area contributed by atoms with Crippen molar-refractivity contribution < 1.29 is 4.79 Å². The summed E-state index contributed by atoms with van der Waals surface area (Å²) in [4.78, 5) is 15.2. The zero-order valence-electron chi connectivity index (χ0n) is 17.9. The fraction of sp³-hybridized carbons (Fsp3) is 0.458. The third kappa shape index (κ3) is 6.98. The lowest BCUT2D eigenvalue weighted by atomic mass is 9.94. The van der Waals surface area contributed by atoms with E-state index in [4.69, 9.17) is 5.73 Å². The Balaban J connectivity index is 0.00000225. The largest absolute Gasteiger partial charge is 0.352 e. The normalized spacial score (nSPS) is 18.4. The molecule has 3 rings (SSSR count). The lowest BCUT2D eigenvalue weighted by Crippen LogP contribution is -2.37. The maximum Gasteiger partial charge on any atom is 0.225 e. The molecule has 1 aliphatic heterocycles. The van der Waals surface area contributed by atoms with Crippen molar-refractivity contribution >= 4 is 30.7 Å². The number of hydrogen-bond donors (Lipinski definition) is 2. The van der Waals surface area contributed by atoms with Gasteiger partial charge in [0.25, 0.3) is 0 Å². The predicted molar refractivity (Wildman–Crippen MR) is 129 cm³/mol. The molecule has 166 valence electrons. The van der Waals surface area contributed by atoms with Gasteiger partial charge in [-0.25, -0.2) is 0 Å². The average molecular weight is 452 g/mol. The Morgan fingerprint density at radius 3 is 2.37 bits per heavy atom. The summed E-state index contributed by atoms with van der Waals surface area (Å²) in [6.07, 6.45) is 3.88. The Kier molecular flexibility index (Phi) is 11.4. The van der Waals surface area contributed by atoms with Gasteiger partial charge in [0, 0.05) is 25.2 Å². The second kappa shape index (κ2) is 13.0. The van der Waals surface area contributed by atoms with Gasteiger partial charge in [-0.3, -0.25) is 9.69 Å². The number of nitrogens with zero attached hydrogens (tertiary/aromatic N) is 1. The fourth-order valence-electron chi connectivity index (χ4n) is 3.97. The molecular weight excluding hydrogens is 417 g/mol. The van der Waals surface area contributed by atoms with Gasteiger partial charge in [0.05, 0.1) is 5.92 Å². The molecule has 4 nitrogen and oxygen atoms in total. The number of halogens is 2. The molecule has 3 unspecified atom stereocenters. The number of amides is 1. The Labute approximate surface area is 193 Å². The molecule has 1 saturated heterocycles. The second-order valence-corrected chi connectivity index (χ2v) is 8.03. The Morgan fingerprint density at radius 2 is 1.70 bits per heavy atom. The molecule has 3 N–H and O–H groups in total. The number of likely N-dealkylation sites (tertiary alicyclic amines) is 1. The van der Waals surface area contributed by atoms with Crippen LogP contribution in [0.2, 0.25) is 0 Å². The molecule has 1 aliphatic rings. The molecule has 1 heterocycles. The van der Waals surface area contributed by atoms with Crippen LogP contribution in [-0.4, -0.2) is 23.4 Å². The first-order valence-corrected chi connectivity index (χ1v) is 10.5. The van der Waals surface area contributed by atoms with Gasteiger partial charge in [-0.15, -0.1) is 24.8 Å². The molecule has 2 aromatic rings. The maximum atomic E-state index is 12.7. The highest BCUT2D eigenvalue weighted by atomic mass is 35.5. The smallest absolute Gasteiger partial charge is 0.225 e. The van der Waals surface area contributed by atoms with Crippen LogP contribution in [0.4, 0.5) is 0 Å². The third-order valence-corrected chi connectivity index (χ3v) is 6.02. The molecule has 0 aliphatic carbocycles. The summed E-state index contributed by atoms with van der Waals surface area (Å²) in [6.45, 7) is 6.87. The van der Waals surface area contributed by atoms with Crippen molar-refractivity contribution in [3.05, 3.63) is 71.3 Å². The molecule has 6 heteroatoms. The van der Waals surface area contributed by atoms with E-state index in [9.17, 15) is 4.79 Å². The number of hydrogen-bond acceptors (Lipinski definition) is 3. The Hall–Kier alpha value is -1.59. The summed E-state index contributed by atoms with van der Waals surface area (Å²) in [5.74, 6) is -0.283. The number of carbonyl (C=O) groups excluding carboxylic acids is 1. The summed E-state index contributed by atoms with van der Waals surface area (Å²) in [6, 6.07) is 18.6. The van der Waals surface area contributed by atoms with Gasteiger partial charge in [0.15, 0.2) is 0 Å². The summed E-state index contributed by atoms with van der Waals surface area (Å²) in [5, 5.41) is 3.10. The highest BCUT2D eigenvalue weighted by Gasteiger charge is 2.23. The van der Waals surface area contributed by atoms with Crippen molar-refractivity contribution in [1.29, 1.82) is 0 Å². The van der Waals surface area contributed by atoms with Gasteiger partial charge in [-0.05, 0) is 43.0 Å². The quantitative estimate of drug-likeness (QED) is 0.631. The Bertz CT molecular complexity index is 772. The fourth-order valence-corrected chi connectivity index (χ4v) is 3.97. The first-order valence-electron chi connectivity index (χ1n) is 10.5.